The molecule has 0 radical (unpaired) electrons. The van der Waals surface area contributed by atoms with Gasteiger partial charge in [0.15, 0.2) is 0 Å². The van der Waals surface area contributed by atoms with Crippen molar-refractivity contribution in [2.24, 2.45) is 23.7 Å². The van der Waals surface area contributed by atoms with Crippen molar-refractivity contribution in [1.29, 1.82) is 0 Å². The third-order valence-corrected chi connectivity index (χ3v) is 6.76. The monoisotopic (exact) mass is 390 g/mol. The molecule has 3 N–H and O–H groups in total. The largest absolute Gasteiger partial charge is 0.481 e. The number of rotatable bonds is 3. The minimum Gasteiger partial charge on any atom is -0.481 e. The smallest absolute Gasteiger partial charge is 0.307 e. The van der Waals surface area contributed by atoms with Gasteiger partial charge in [0.2, 0.25) is 5.91 Å². The average Bonchev–Trinajstić information content (AvgIpc) is 3.32. The maximum absolute atomic E-state index is 12.5. The first-order valence-electron chi connectivity index (χ1n) is 8.15. The number of thiophene rings is 1. The zero-order valence-corrected chi connectivity index (χ0v) is 15.0. The van der Waals surface area contributed by atoms with Gasteiger partial charge in [-0.2, -0.15) is 0 Å². The minimum absolute atomic E-state index is 0.106. The molecule has 8 heteroatoms. The van der Waals surface area contributed by atoms with Crippen molar-refractivity contribution in [3.8, 4) is 0 Å². The van der Waals surface area contributed by atoms with E-state index in [1.807, 2.05) is 36.4 Å². The van der Waals surface area contributed by atoms with E-state index in [4.69, 9.17) is 11.6 Å². The van der Waals surface area contributed by atoms with Crippen molar-refractivity contribution in [3.05, 3.63) is 46.3 Å². The number of aliphatic carboxylic acids is 1. The molecule has 2 aromatic rings. The molecule has 2 aliphatic carbocycles. The number of carboxylic acids is 1. The number of carbonyl (C=O) groups excluding carboxylic acids is 2. The molecule has 1 aromatic carbocycles. The predicted molar refractivity (Wildman–Crippen MR) is 97.8 cm³/mol. The third kappa shape index (κ3) is 2.68. The second kappa shape index (κ2) is 6.41. The predicted octanol–water partition coefficient (Wildman–Crippen LogP) is 2.84. The molecule has 4 atom stereocenters. The molecule has 0 spiro atoms. The Kier molecular flexibility index (Phi) is 4.20. The topological polar surface area (TPSA) is 95.5 Å². The van der Waals surface area contributed by atoms with Gasteiger partial charge in [0, 0.05) is 10.1 Å². The van der Waals surface area contributed by atoms with Crippen LogP contribution in [0.25, 0.3) is 10.1 Å². The van der Waals surface area contributed by atoms with Gasteiger partial charge in [-0.25, -0.2) is 0 Å². The summed E-state index contributed by atoms with van der Waals surface area (Å²) >= 11 is 7.49. The van der Waals surface area contributed by atoms with E-state index in [-0.39, 0.29) is 11.8 Å². The molecule has 2 bridgehead atoms. The Bertz CT molecular complexity index is 954. The van der Waals surface area contributed by atoms with Crippen LogP contribution in [0.3, 0.4) is 0 Å². The van der Waals surface area contributed by atoms with Crippen molar-refractivity contribution in [1.82, 2.24) is 10.9 Å². The van der Waals surface area contributed by atoms with E-state index in [0.29, 0.717) is 16.3 Å². The van der Waals surface area contributed by atoms with Crippen LogP contribution >= 0.6 is 22.9 Å². The number of hydrogen-bond donors (Lipinski definition) is 3. The molecule has 4 rings (SSSR count). The Morgan fingerprint density at radius 3 is 2.46 bits per heavy atom. The van der Waals surface area contributed by atoms with Crippen LogP contribution in [0.5, 0.6) is 0 Å². The highest BCUT2D eigenvalue weighted by molar-refractivity contribution is 7.21. The Morgan fingerprint density at radius 1 is 1.08 bits per heavy atom. The Morgan fingerprint density at radius 2 is 1.77 bits per heavy atom. The van der Waals surface area contributed by atoms with Crippen LogP contribution in [0, 0.1) is 23.7 Å². The van der Waals surface area contributed by atoms with Crippen LogP contribution in [-0.4, -0.2) is 22.9 Å². The second-order valence-corrected chi connectivity index (χ2v) is 7.95. The molecule has 2 aliphatic rings. The van der Waals surface area contributed by atoms with Crippen LogP contribution in [0.1, 0.15) is 16.1 Å². The fraction of sp³-hybridized carbons (Fsp3) is 0.278. The highest BCUT2D eigenvalue weighted by atomic mass is 35.5. The Hall–Kier alpha value is -2.38. The van der Waals surface area contributed by atoms with Gasteiger partial charge in [0.05, 0.1) is 16.9 Å². The van der Waals surface area contributed by atoms with Crippen molar-refractivity contribution in [2.45, 2.75) is 6.42 Å². The standard InChI is InChI=1S/C18H15ClN2O4S/c19-14-10-3-1-2-4-11(10)26-15(14)17(23)21-20-16(22)12-8-5-6-9(7-8)13(12)18(24)25/h1-6,8-9,12-13H,7H2,(H,20,22)(H,21,23)(H,24,25). The van der Waals surface area contributed by atoms with E-state index in [1.54, 1.807) is 0 Å². The number of carboxylic acid groups (broad SMARTS) is 1. The fourth-order valence-electron chi connectivity index (χ4n) is 3.93. The summed E-state index contributed by atoms with van der Waals surface area (Å²) < 4.78 is 0.873. The van der Waals surface area contributed by atoms with E-state index in [2.05, 4.69) is 10.9 Å². The fourth-order valence-corrected chi connectivity index (χ4v) is 5.35. The molecular formula is C18H15ClN2O4S. The van der Waals surface area contributed by atoms with Gasteiger partial charge < -0.3 is 5.11 Å². The van der Waals surface area contributed by atoms with Crippen molar-refractivity contribution < 1.29 is 19.5 Å². The Balaban J connectivity index is 1.47. The normalized spacial score (nSPS) is 26.2. The van der Waals surface area contributed by atoms with Crippen molar-refractivity contribution >= 4 is 50.8 Å². The van der Waals surface area contributed by atoms with Gasteiger partial charge in [0.25, 0.3) is 5.91 Å². The van der Waals surface area contributed by atoms with Crippen LogP contribution in [-0.2, 0) is 9.59 Å². The first-order valence-corrected chi connectivity index (χ1v) is 9.35. The van der Waals surface area contributed by atoms with Crippen molar-refractivity contribution in [2.75, 3.05) is 0 Å². The molecule has 1 saturated carbocycles. The first-order chi connectivity index (χ1) is 12.5. The minimum atomic E-state index is -0.985. The second-order valence-electron chi connectivity index (χ2n) is 6.52. The number of fused-ring (bicyclic) bond motifs is 3. The zero-order chi connectivity index (χ0) is 18.4. The molecule has 26 heavy (non-hydrogen) atoms. The van der Waals surface area contributed by atoms with Crippen LogP contribution < -0.4 is 10.9 Å². The number of nitrogens with one attached hydrogen (secondary N) is 2. The molecule has 0 saturated heterocycles. The lowest BCUT2D eigenvalue weighted by Crippen LogP contribution is -2.48. The van der Waals surface area contributed by atoms with Crippen LogP contribution in [0.4, 0.5) is 0 Å². The summed E-state index contributed by atoms with van der Waals surface area (Å²) in [5.74, 6) is -3.65. The van der Waals surface area contributed by atoms with Gasteiger partial charge in [0.1, 0.15) is 4.88 Å². The van der Waals surface area contributed by atoms with Gasteiger partial charge >= 0.3 is 5.97 Å². The molecule has 1 heterocycles. The lowest BCUT2D eigenvalue weighted by molar-refractivity contribution is -0.148. The summed E-state index contributed by atoms with van der Waals surface area (Å²) in [5, 5.41) is 10.5. The summed E-state index contributed by atoms with van der Waals surface area (Å²) in [7, 11) is 0. The SMILES string of the molecule is O=C(NNC(=O)C1C2C=CC(C2)C1C(=O)O)c1sc2ccccc2c1Cl. The van der Waals surface area contributed by atoms with E-state index in [1.165, 1.54) is 11.3 Å². The van der Waals surface area contributed by atoms with Crippen LogP contribution in [0.15, 0.2) is 36.4 Å². The lowest BCUT2D eigenvalue weighted by atomic mass is 9.82. The Labute approximate surface area is 157 Å². The number of carbonyl (C=O) groups is 3. The molecule has 1 aromatic heterocycles. The van der Waals surface area contributed by atoms with E-state index in [0.717, 1.165) is 10.1 Å². The van der Waals surface area contributed by atoms with E-state index < -0.39 is 29.6 Å². The molecule has 2 amide bonds. The maximum Gasteiger partial charge on any atom is 0.307 e. The van der Waals surface area contributed by atoms with Gasteiger partial charge in [-0.1, -0.05) is 42.0 Å². The average molecular weight is 391 g/mol. The quantitative estimate of drug-likeness (QED) is 0.554. The molecule has 0 aliphatic heterocycles. The van der Waals surface area contributed by atoms with E-state index in [9.17, 15) is 19.5 Å². The highest BCUT2D eigenvalue weighted by Gasteiger charge is 2.51. The number of halogens is 1. The number of benzene rings is 1. The lowest BCUT2D eigenvalue weighted by Gasteiger charge is -2.23. The van der Waals surface area contributed by atoms with Crippen LogP contribution in [0.2, 0.25) is 5.02 Å². The number of allylic oxidation sites excluding steroid dienone is 2. The van der Waals surface area contributed by atoms with Gasteiger partial charge in [-0.3, -0.25) is 25.2 Å². The van der Waals surface area contributed by atoms with E-state index >= 15 is 0 Å². The summed E-state index contributed by atoms with van der Waals surface area (Å²) in [4.78, 5) is 36.7. The summed E-state index contributed by atoms with van der Waals surface area (Å²) in [6.45, 7) is 0. The first kappa shape index (κ1) is 17.1. The molecule has 6 nitrogen and oxygen atoms in total. The highest BCUT2D eigenvalue weighted by Crippen LogP contribution is 2.48. The molecule has 134 valence electrons. The molecule has 1 fully saturated rings. The number of hydrogen-bond acceptors (Lipinski definition) is 4. The number of amides is 2. The van der Waals surface area contributed by atoms with Crippen molar-refractivity contribution in [3.63, 3.8) is 0 Å². The number of hydrazine groups is 1. The van der Waals surface area contributed by atoms with Gasteiger partial charge in [-0.15, -0.1) is 11.3 Å². The summed E-state index contributed by atoms with van der Waals surface area (Å²) in [5.41, 5.74) is 4.74. The summed E-state index contributed by atoms with van der Waals surface area (Å²) in [6.07, 6.45) is 4.41. The molecular weight excluding hydrogens is 376 g/mol. The molecule has 4 unspecified atom stereocenters. The maximum atomic E-state index is 12.5. The zero-order valence-electron chi connectivity index (χ0n) is 13.4. The third-order valence-electron chi connectivity index (χ3n) is 5.09. The van der Waals surface area contributed by atoms with Gasteiger partial charge in [-0.05, 0) is 24.3 Å². The summed E-state index contributed by atoms with van der Waals surface area (Å²) in [6, 6.07) is 7.37.